The van der Waals surface area contributed by atoms with Crippen LogP contribution in [0.4, 0.5) is 0 Å². The Morgan fingerprint density at radius 3 is 2.07 bits per heavy atom. The number of allylic oxidation sites excluding steroid dienone is 5. The molecule has 1 heterocycles. The van der Waals surface area contributed by atoms with Crippen LogP contribution in [0.25, 0.3) is 38.4 Å². The normalized spacial score (nSPS) is 19.1. The van der Waals surface area contributed by atoms with Gasteiger partial charge in [-0.3, -0.25) is 0 Å². The van der Waals surface area contributed by atoms with Crippen LogP contribution >= 0.6 is 11.3 Å². The van der Waals surface area contributed by atoms with Crippen molar-refractivity contribution in [1.82, 2.24) is 0 Å². The zero-order valence-electron chi connectivity index (χ0n) is 24.5. The Morgan fingerprint density at radius 2 is 1.30 bits per heavy atom. The molecule has 1 heteroatoms. The van der Waals surface area contributed by atoms with Gasteiger partial charge in [-0.1, -0.05) is 152 Å². The summed E-state index contributed by atoms with van der Waals surface area (Å²) >= 11 is 2.02. The maximum atomic E-state index is 2.47. The maximum Gasteiger partial charge on any atom is 0.0713 e. The summed E-state index contributed by atoms with van der Waals surface area (Å²) in [6.07, 6.45) is 16.2. The van der Waals surface area contributed by atoms with Crippen LogP contribution < -0.4 is 0 Å². The Balaban J connectivity index is 1.26. The summed E-state index contributed by atoms with van der Waals surface area (Å²) in [6.45, 7) is 0. The molecule has 0 fully saturated rings. The molecular weight excluding hydrogens is 549 g/mol. The molecule has 0 saturated carbocycles. The molecule has 2 atom stereocenters. The van der Waals surface area contributed by atoms with E-state index in [9.17, 15) is 0 Å². The fourth-order valence-electron chi connectivity index (χ4n) is 8.17. The van der Waals surface area contributed by atoms with Crippen LogP contribution in [0.3, 0.4) is 0 Å². The highest BCUT2D eigenvalue weighted by atomic mass is 32.1. The van der Waals surface area contributed by atoms with E-state index in [1.165, 1.54) is 60.2 Å². The molecular formula is C43H32S. The molecule has 0 amide bonds. The summed E-state index contributed by atoms with van der Waals surface area (Å²) < 4.78 is 1.41. The van der Waals surface area contributed by atoms with Crippen molar-refractivity contribution in [3.05, 3.63) is 184 Å². The molecule has 0 nitrogen and oxygen atoms in total. The van der Waals surface area contributed by atoms with Gasteiger partial charge < -0.3 is 0 Å². The fourth-order valence-corrected chi connectivity index (χ4v) is 9.68. The Kier molecular flexibility index (Phi) is 5.96. The van der Waals surface area contributed by atoms with Crippen LogP contribution in [0.1, 0.15) is 51.5 Å². The number of thiophene rings is 1. The molecule has 0 aliphatic heterocycles. The van der Waals surface area contributed by atoms with E-state index in [4.69, 9.17) is 0 Å². The van der Waals surface area contributed by atoms with Crippen LogP contribution in [0, 0.1) is 5.92 Å². The van der Waals surface area contributed by atoms with Crippen molar-refractivity contribution in [2.24, 2.45) is 5.92 Å². The predicted molar refractivity (Wildman–Crippen MR) is 187 cm³/mol. The minimum Gasteiger partial charge on any atom is -0.139 e. The van der Waals surface area contributed by atoms with Crippen molar-refractivity contribution < 1.29 is 0 Å². The van der Waals surface area contributed by atoms with Crippen molar-refractivity contribution in [3.63, 3.8) is 0 Å². The van der Waals surface area contributed by atoms with Crippen LogP contribution in [0.5, 0.6) is 0 Å². The highest BCUT2D eigenvalue weighted by Gasteiger charge is 2.45. The monoisotopic (exact) mass is 580 g/mol. The van der Waals surface area contributed by atoms with E-state index in [0.717, 1.165) is 12.8 Å². The lowest BCUT2D eigenvalue weighted by Crippen LogP contribution is -2.28. The molecule has 0 N–H and O–H groups in total. The summed E-state index contributed by atoms with van der Waals surface area (Å²) in [6, 6.07) is 45.4. The number of fused-ring (bicyclic) bond motifs is 6. The van der Waals surface area contributed by atoms with E-state index >= 15 is 0 Å². The van der Waals surface area contributed by atoms with Gasteiger partial charge in [0.1, 0.15) is 0 Å². The second-order valence-electron chi connectivity index (χ2n) is 12.3. The van der Waals surface area contributed by atoms with Gasteiger partial charge in [0.05, 0.1) is 5.41 Å². The summed E-state index contributed by atoms with van der Waals surface area (Å²) in [5, 5.41) is 1.39. The zero-order chi connectivity index (χ0) is 29.1. The van der Waals surface area contributed by atoms with Crippen LogP contribution in [0.15, 0.2) is 152 Å². The molecule has 210 valence electrons. The smallest absolute Gasteiger partial charge is 0.0713 e. The Labute approximate surface area is 263 Å². The van der Waals surface area contributed by atoms with Crippen LogP contribution in [-0.4, -0.2) is 0 Å². The Bertz CT molecular complexity index is 2090. The van der Waals surface area contributed by atoms with Crippen molar-refractivity contribution in [2.45, 2.75) is 24.2 Å². The van der Waals surface area contributed by atoms with E-state index in [-0.39, 0.29) is 5.41 Å². The minimum atomic E-state index is -0.387. The number of benzene rings is 5. The van der Waals surface area contributed by atoms with Gasteiger partial charge in [0, 0.05) is 20.9 Å². The second kappa shape index (κ2) is 10.2. The first-order valence-electron chi connectivity index (χ1n) is 15.7. The average Bonchev–Trinajstić information content (AvgIpc) is 3.64. The quantitative estimate of drug-likeness (QED) is 0.194. The van der Waals surface area contributed by atoms with E-state index in [1.54, 1.807) is 4.88 Å². The van der Waals surface area contributed by atoms with Gasteiger partial charge in [-0.15, -0.1) is 11.3 Å². The number of hydrogen-bond donors (Lipinski definition) is 0. The van der Waals surface area contributed by atoms with Gasteiger partial charge in [0.2, 0.25) is 0 Å². The largest absolute Gasteiger partial charge is 0.139 e. The predicted octanol–water partition coefficient (Wildman–Crippen LogP) is 11.6. The zero-order valence-corrected chi connectivity index (χ0v) is 25.3. The molecule has 6 aromatic rings. The molecule has 2 unspecified atom stereocenters. The van der Waals surface area contributed by atoms with Crippen molar-refractivity contribution in [2.75, 3.05) is 0 Å². The minimum absolute atomic E-state index is 0.387. The first kappa shape index (κ1) is 25.7. The first-order valence-corrected chi connectivity index (χ1v) is 16.6. The molecule has 0 radical (unpaired) electrons. The van der Waals surface area contributed by atoms with E-state index < -0.39 is 0 Å². The number of hydrogen-bond acceptors (Lipinski definition) is 1. The van der Waals surface area contributed by atoms with Gasteiger partial charge in [0.25, 0.3) is 0 Å². The van der Waals surface area contributed by atoms with E-state index in [2.05, 4.69) is 158 Å². The standard InChI is InChI=1S/C43H32S/c1-3-14-29(15-4-1)33-22-12-24-37-38-25-13-23-34(42(38)44-41(33)37)30-16-11-19-32(28-30)43(31-17-5-2-6-18-31)39-26-9-7-20-35(39)36-21-8-10-27-40(36)43/h1-14,16-21,23-29,33H,15,22H2. The first-order chi connectivity index (χ1) is 21.8. The summed E-state index contributed by atoms with van der Waals surface area (Å²) in [5.74, 6) is 1.11. The molecule has 0 bridgehead atoms. The lowest BCUT2D eigenvalue weighted by atomic mass is 9.67. The third-order valence-corrected chi connectivity index (χ3v) is 11.5. The molecule has 44 heavy (non-hydrogen) atoms. The van der Waals surface area contributed by atoms with Crippen LogP contribution in [-0.2, 0) is 5.41 Å². The highest BCUT2D eigenvalue weighted by Crippen LogP contribution is 2.56. The lowest BCUT2D eigenvalue weighted by molar-refractivity contribution is 0.516. The fraction of sp³-hybridized carbons (Fsp3) is 0.116. The lowest BCUT2D eigenvalue weighted by Gasteiger charge is -2.34. The molecule has 0 spiro atoms. The number of rotatable bonds is 4. The molecule has 0 saturated heterocycles. The highest BCUT2D eigenvalue weighted by molar-refractivity contribution is 7.20. The summed E-state index contributed by atoms with van der Waals surface area (Å²) in [7, 11) is 0. The van der Waals surface area contributed by atoms with Crippen molar-refractivity contribution >= 4 is 27.5 Å². The summed E-state index contributed by atoms with van der Waals surface area (Å²) in [5.41, 5.74) is 11.7. The Hall–Kier alpha value is -4.72. The topological polar surface area (TPSA) is 0 Å². The molecule has 3 aliphatic carbocycles. The van der Waals surface area contributed by atoms with Gasteiger partial charge >= 0.3 is 0 Å². The molecule has 5 aromatic carbocycles. The maximum absolute atomic E-state index is 2.47. The van der Waals surface area contributed by atoms with Gasteiger partial charge in [-0.05, 0) is 74.9 Å². The molecule has 1 aromatic heterocycles. The van der Waals surface area contributed by atoms with E-state index in [1.807, 2.05) is 11.3 Å². The van der Waals surface area contributed by atoms with Crippen molar-refractivity contribution in [3.8, 4) is 22.3 Å². The van der Waals surface area contributed by atoms with Crippen molar-refractivity contribution in [1.29, 1.82) is 0 Å². The van der Waals surface area contributed by atoms with Gasteiger partial charge in [-0.2, -0.15) is 0 Å². The molecule has 3 aliphatic rings. The second-order valence-corrected chi connectivity index (χ2v) is 13.4. The third kappa shape index (κ3) is 3.69. The SMILES string of the molecule is C1=CCC(C2CC=Cc3c2sc2c(-c4cccc(C5(c6ccccc6)c6ccccc6-c6ccccc65)c4)cccc32)C=C1. The summed E-state index contributed by atoms with van der Waals surface area (Å²) in [4.78, 5) is 1.55. The molecule has 9 rings (SSSR count). The van der Waals surface area contributed by atoms with E-state index in [0.29, 0.717) is 11.8 Å². The average molecular weight is 581 g/mol. The van der Waals surface area contributed by atoms with Gasteiger partial charge in [0.15, 0.2) is 0 Å². The van der Waals surface area contributed by atoms with Gasteiger partial charge in [-0.25, -0.2) is 0 Å². The third-order valence-electron chi connectivity index (χ3n) is 10.1. The Morgan fingerprint density at radius 1 is 0.591 bits per heavy atom. The van der Waals surface area contributed by atoms with Crippen LogP contribution in [0.2, 0.25) is 0 Å².